The van der Waals surface area contributed by atoms with Gasteiger partial charge in [0.05, 0.1) is 0 Å². The first kappa shape index (κ1) is 7.27. The van der Waals surface area contributed by atoms with Gasteiger partial charge >= 0.3 is 0 Å². The molecular weight excluding hydrogens is 231 g/mol. The van der Waals surface area contributed by atoms with Crippen LogP contribution in [0.1, 0.15) is 12.8 Å². The van der Waals surface area contributed by atoms with Gasteiger partial charge in [-0.15, -0.1) is 0 Å². The van der Waals surface area contributed by atoms with E-state index in [0.29, 0.717) is 12.5 Å². The van der Waals surface area contributed by atoms with Crippen molar-refractivity contribution < 1.29 is 4.79 Å². The van der Waals surface area contributed by atoms with E-state index in [0.717, 1.165) is 13.0 Å². The molecule has 0 spiro atoms. The van der Waals surface area contributed by atoms with Gasteiger partial charge in [0.1, 0.15) is 0 Å². The van der Waals surface area contributed by atoms with Gasteiger partial charge in [-0.25, -0.2) is 0 Å². The molecule has 9 heavy (non-hydrogen) atoms. The van der Waals surface area contributed by atoms with E-state index < -0.39 is 0 Å². The second kappa shape index (κ2) is 3.36. The molecule has 1 amide bonds. The smallest absolute Gasteiger partial charge is 0.220 e. The molecule has 0 aromatic carbocycles. The van der Waals surface area contributed by atoms with Gasteiger partial charge in [-0.05, 0) is 6.42 Å². The molecule has 0 radical (unpaired) electrons. The zero-order chi connectivity index (χ0) is 6.69. The van der Waals surface area contributed by atoms with Crippen LogP contribution >= 0.6 is 22.9 Å². The SMILES string of the molecule is O=C1CC[C@@H](NI)CN1. The first-order valence-electron chi connectivity index (χ1n) is 2.96. The molecule has 1 aliphatic heterocycles. The minimum atomic E-state index is 0.179. The largest absolute Gasteiger partial charge is 0.355 e. The molecule has 0 bridgehead atoms. The van der Waals surface area contributed by atoms with Crippen LogP contribution < -0.4 is 8.85 Å². The Morgan fingerprint density at radius 3 is 3.00 bits per heavy atom. The van der Waals surface area contributed by atoms with Gasteiger partial charge in [0.25, 0.3) is 0 Å². The lowest BCUT2D eigenvalue weighted by molar-refractivity contribution is -0.122. The average molecular weight is 240 g/mol. The Morgan fingerprint density at radius 2 is 2.56 bits per heavy atom. The van der Waals surface area contributed by atoms with E-state index in [1.165, 1.54) is 0 Å². The third kappa shape index (κ3) is 2.09. The van der Waals surface area contributed by atoms with Gasteiger partial charge in [0.2, 0.25) is 5.91 Å². The standard InChI is InChI=1S/C5H9IN2O/c6-8-4-1-2-5(9)7-3-4/h4,8H,1-3H2,(H,7,9)/t4-/m1/s1. The molecule has 52 valence electrons. The molecule has 0 saturated carbocycles. The minimum Gasteiger partial charge on any atom is -0.355 e. The highest BCUT2D eigenvalue weighted by Crippen LogP contribution is 2.02. The van der Waals surface area contributed by atoms with E-state index in [1.807, 2.05) is 0 Å². The van der Waals surface area contributed by atoms with E-state index in [4.69, 9.17) is 0 Å². The summed E-state index contributed by atoms with van der Waals surface area (Å²) in [5.41, 5.74) is 0. The third-order valence-corrected chi connectivity index (χ3v) is 2.30. The summed E-state index contributed by atoms with van der Waals surface area (Å²) in [5.74, 6) is 0.179. The van der Waals surface area contributed by atoms with Crippen molar-refractivity contribution in [2.75, 3.05) is 6.54 Å². The Labute approximate surface area is 68.1 Å². The number of carbonyl (C=O) groups is 1. The summed E-state index contributed by atoms with van der Waals surface area (Å²) in [6.07, 6.45) is 1.63. The van der Waals surface area contributed by atoms with Crippen molar-refractivity contribution in [1.82, 2.24) is 8.85 Å². The molecule has 4 heteroatoms. The summed E-state index contributed by atoms with van der Waals surface area (Å²) in [4.78, 5) is 10.6. The number of rotatable bonds is 1. The van der Waals surface area contributed by atoms with Crippen LogP contribution in [0.3, 0.4) is 0 Å². The van der Waals surface area contributed by atoms with E-state index in [9.17, 15) is 4.79 Å². The van der Waals surface area contributed by atoms with Crippen molar-refractivity contribution in [2.45, 2.75) is 18.9 Å². The third-order valence-electron chi connectivity index (χ3n) is 1.42. The summed E-state index contributed by atoms with van der Waals surface area (Å²) >= 11 is 2.11. The lowest BCUT2D eigenvalue weighted by Gasteiger charge is -2.20. The van der Waals surface area contributed by atoms with Crippen molar-refractivity contribution in [3.63, 3.8) is 0 Å². The Balaban J connectivity index is 2.26. The van der Waals surface area contributed by atoms with Crippen molar-refractivity contribution in [1.29, 1.82) is 0 Å². The van der Waals surface area contributed by atoms with Crippen LogP contribution in [0.5, 0.6) is 0 Å². The summed E-state index contributed by atoms with van der Waals surface area (Å²) < 4.78 is 3.08. The first-order chi connectivity index (χ1) is 4.33. The number of nitrogens with one attached hydrogen (secondary N) is 2. The molecule has 1 rings (SSSR count). The summed E-state index contributed by atoms with van der Waals surface area (Å²) in [7, 11) is 0. The minimum absolute atomic E-state index is 0.179. The van der Waals surface area contributed by atoms with Crippen LogP contribution in [-0.4, -0.2) is 18.5 Å². The highest BCUT2D eigenvalue weighted by Gasteiger charge is 2.15. The highest BCUT2D eigenvalue weighted by molar-refractivity contribution is 14.1. The molecule has 0 unspecified atom stereocenters. The second-order valence-corrected chi connectivity index (χ2v) is 2.77. The normalized spacial score (nSPS) is 27.7. The number of hydrogen-bond donors (Lipinski definition) is 2. The maximum atomic E-state index is 10.6. The van der Waals surface area contributed by atoms with Gasteiger partial charge in [0.15, 0.2) is 0 Å². The zero-order valence-electron chi connectivity index (χ0n) is 4.98. The fourth-order valence-electron chi connectivity index (χ4n) is 0.826. The van der Waals surface area contributed by atoms with Gasteiger partial charge in [0, 0.05) is 41.9 Å². The van der Waals surface area contributed by atoms with Crippen LogP contribution in [0.2, 0.25) is 0 Å². The molecule has 1 saturated heterocycles. The molecule has 1 atom stereocenters. The van der Waals surface area contributed by atoms with E-state index >= 15 is 0 Å². The Bertz CT molecular complexity index is 108. The van der Waals surface area contributed by atoms with E-state index in [1.54, 1.807) is 0 Å². The van der Waals surface area contributed by atoms with E-state index in [-0.39, 0.29) is 5.91 Å². The number of amides is 1. The molecule has 1 heterocycles. The maximum Gasteiger partial charge on any atom is 0.220 e. The van der Waals surface area contributed by atoms with Crippen molar-refractivity contribution in [3.05, 3.63) is 0 Å². The lowest BCUT2D eigenvalue weighted by atomic mass is 10.1. The second-order valence-electron chi connectivity index (χ2n) is 2.15. The Morgan fingerprint density at radius 1 is 1.78 bits per heavy atom. The summed E-state index contributed by atoms with van der Waals surface area (Å²) in [6, 6.07) is 0.475. The molecule has 1 fully saturated rings. The van der Waals surface area contributed by atoms with Crippen LogP contribution in [0.25, 0.3) is 0 Å². The predicted molar refractivity (Wildman–Crippen MR) is 43.2 cm³/mol. The van der Waals surface area contributed by atoms with Crippen LogP contribution in [0.15, 0.2) is 0 Å². The average Bonchev–Trinajstić information content (AvgIpc) is 1.90. The number of halogens is 1. The highest BCUT2D eigenvalue weighted by atomic mass is 127. The molecular formula is C5H9IN2O. The molecule has 0 aliphatic carbocycles. The quantitative estimate of drug-likeness (QED) is 0.508. The Kier molecular flexibility index (Phi) is 2.71. The number of piperidine rings is 1. The molecule has 2 N–H and O–H groups in total. The molecule has 3 nitrogen and oxygen atoms in total. The zero-order valence-corrected chi connectivity index (χ0v) is 7.14. The topological polar surface area (TPSA) is 41.1 Å². The monoisotopic (exact) mass is 240 g/mol. The molecule has 1 aliphatic rings. The summed E-state index contributed by atoms with van der Waals surface area (Å²) in [6.45, 7) is 0.780. The molecule has 0 aromatic rings. The van der Waals surface area contributed by atoms with E-state index in [2.05, 4.69) is 31.7 Å². The van der Waals surface area contributed by atoms with Crippen molar-refractivity contribution in [3.8, 4) is 0 Å². The van der Waals surface area contributed by atoms with Gasteiger partial charge < -0.3 is 5.32 Å². The van der Waals surface area contributed by atoms with Crippen molar-refractivity contribution in [2.24, 2.45) is 0 Å². The lowest BCUT2D eigenvalue weighted by Crippen LogP contribution is -2.42. The number of carbonyl (C=O) groups excluding carboxylic acids is 1. The first-order valence-corrected chi connectivity index (χ1v) is 4.03. The summed E-state index contributed by atoms with van der Waals surface area (Å²) in [5, 5.41) is 2.78. The van der Waals surface area contributed by atoms with Crippen LogP contribution in [0.4, 0.5) is 0 Å². The van der Waals surface area contributed by atoms with Gasteiger partial charge in [-0.2, -0.15) is 0 Å². The fraction of sp³-hybridized carbons (Fsp3) is 0.800. The van der Waals surface area contributed by atoms with Gasteiger partial charge in [-0.3, -0.25) is 8.32 Å². The Hall–Kier alpha value is 0.160. The molecule has 0 aromatic heterocycles. The fourth-order valence-corrected chi connectivity index (χ4v) is 1.36. The predicted octanol–water partition coefficient (Wildman–Crippen LogP) is 0.205. The van der Waals surface area contributed by atoms with Crippen LogP contribution in [-0.2, 0) is 4.79 Å². The van der Waals surface area contributed by atoms with Crippen LogP contribution in [0, 0.1) is 0 Å². The number of hydrogen-bond acceptors (Lipinski definition) is 2. The van der Waals surface area contributed by atoms with Crippen molar-refractivity contribution >= 4 is 28.8 Å². The van der Waals surface area contributed by atoms with Gasteiger partial charge in [-0.1, -0.05) is 0 Å². The maximum absolute atomic E-state index is 10.6.